The number of amides is 2. The number of carbonyl (C=O) groups is 2. The second-order valence-corrected chi connectivity index (χ2v) is 6.99. The molecular formula is C20H28N6O4. The molecule has 3 rings (SSSR count). The van der Waals surface area contributed by atoms with Gasteiger partial charge in [0, 0.05) is 39.0 Å². The van der Waals surface area contributed by atoms with Gasteiger partial charge in [0.2, 0.25) is 5.91 Å². The van der Waals surface area contributed by atoms with Gasteiger partial charge in [-0.1, -0.05) is 6.58 Å². The van der Waals surface area contributed by atoms with Gasteiger partial charge in [0.1, 0.15) is 11.3 Å². The summed E-state index contributed by atoms with van der Waals surface area (Å²) in [5.41, 5.74) is 1.43. The molecule has 0 spiro atoms. The Morgan fingerprint density at radius 1 is 1.47 bits per heavy atom. The number of hydrogen-bond donors (Lipinski definition) is 3. The molecule has 10 heteroatoms. The Hall–Kier alpha value is -2.98. The molecule has 0 radical (unpaired) electrons. The molecule has 3 heterocycles. The third kappa shape index (κ3) is 4.95. The van der Waals surface area contributed by atoms with Crippen LogP contribution in [0.25, 0.3) is 11.2 Å². The molecule has 2 atom stereocenters. The predicted molar refractivity (Wildman–Crippen MR) is 112 cm³/mol. The minimum Gasteiger partial charge on any atom is -0.383 e. The number of aromatic amines is 1. The summed E-state index contributed by atoms with van der Waals surface area (Å²) in [6.07, 6.45) is 5.24. The highest BCUT2D eigenvalue weighted by atomic mass is 16.5. The fourth-order valence-electron chi connectivity index (χ4n) is 3.53. The Morgan fingerprint density at radius 2 is 2.30 bits per heavy atom. The quantitative estimate of drug-likeness (QED) is 0.389. The van der Waals surface area contributed by atoms with Crippen LogP contribution < -0.4 is 10.6 Å². The summed E-state index contributed by atoms with van der Waals surface area (Å²) in [5.74, 6) is 0.178. The summed E-state index contributed by atoms with van der Waals surface area (Å²) in [6, 6.07) is -0.0388. The monoisotopic (exact) mass is 416 g/mol. The fourth-order valence-corrected chi connectivity index (χ4v) is 3.53. The number of likely N-dealkylation sites (tertiary alicyclic amines) is 1. The van der Waals surface area contributed by atoms with Crippen LogP contribution in [0.5, 0.6) is 0 Å². The van der Waals surface area contributed by atoms with E-state index in [9.17, 15) is 9.59 Å². The van der Waals surface area contributed by atoms with E-state index in [-0.39, 0.29) is 23.9 Å². The number of anilines is 1. The maximum atomic E-state index is 12.4. The average Bonchev–Trinajstić information content (AvgIpc) is 3.35. The minimum atomic E-state index is -0.245. The van der Waals surface area contributed by atoms with Gasteiger partial charge in [-0.25, -0.2) is 9.97 Å². The van der Waals surface area contributed by atoms with Crippen LogP contribution in [0, 0.1) is 0 Å². The Labute approximate surface area is 175 Å². The molecule has 3 N–H and O–H groups in total. The van der Waals surface area contributed by atoms with Gasteiger partial charge in [-0.2, -0.15) is 0 Å². The molecule has 30 heavy (non-hydrogen) atoms. The number of nitrogens with one attached hydrogen (secondary N) is 3. The Morgan fingerprint density at radius 3 is 3.03 bits per heavy atom. The van der Waals surface area contributed by atoms with Gasteiger partial charge in [0.25, 0.3) is 5.91 Å². The van der Waals surface area contributed by atoms with Gasteiger partial charge < -0.3 is 30.0 Å². The number of carbonyl (C=O) groups excluding carboxylic acids is 2. The third-order valence-corrected chi connectivity index (χ3v) is 4.96. The standard InChI is InChI=1S/C20H28N6O4/c1-4-17(27)26-11-13(8-14(26)12-30-5-2)24-16-10-23-19-18(25-16)15(9-22-19)20(28)21-6-7-29-3/h4,9-10,13-14H,1,5-8,11-12H2,2-3H3,(H,21,28)(H,22,23)(H,24,25)/t13-,14+/m1/s1. The number of H-pyrrole nitrogens is 1. The first-order valence-electron chi connectivity index (χ1n) is 9.95. The number of rotatable bonds is 10. The van der Waals surface area contributed by atoms with Crippen LogP contribution in [-0.2, 0) is 14.3 Å². The zero-order chi connectivity index (χ0) is 21.5. The number of nitrogens with zero attached hydrogens (tertiary/aromatic N) is 3. The van der Waals surface area contributed by atoms with Crippen molar-refractivity contribution in [3.05, 3.63) is 30.6 Å². The minimum absolute atomic E-state index is 0.0102. The van der Waals surface area contributed by atoms with E-state index < -0.39 is 0 Å². The Bertz CT molecular complexity index is 899. The van der Waals surface area contributed by atoms with Gasteiger partial charge in [-0.05, 0) is 19.4 Å². The molecule has 0 aromatic carbocycles. The molecule has 1 saturated heterocycles. The maximum absolute atomic E-state index is 12.4. The zero-order valence-electron chi connectivity index (χ0n) is 17.3. The summed E-state index contributed by atoms with van der Waals surface area (Å²) in [6.45, 7) is 7.93. The molecule has 2 aromatic rings. The Kier molecular flexibility index (Phi) is 7.36. The molecule has 10 nitrogen and oxygen atoms in total. The first-order chi connectivity index (χ1) is 14.6. The zero-order valence-corrected chi connectivity index (χ0v) is 17.3. The molecule has 162 valence electrons. The molecule has 0 bridgehead atoms. The van der Waals surface area contributed by atoms with Crippen molar-refractivity contribution in [3.8, 4) is 0 Å². The van der Waals surface area contributed by atoms with Crippen LogP contribution in [0.1, 0.15) is 23.7 Å². The van der Waals surface area contributed by atoms with Gasteiger partial charge in [-0.15, -0.1) is 0 Å². The van der Waals surface area contributed by atoms with Crippen LogP contribution in [0.4, 0.5) is 5.82 Å². The van der Waals surface area contributed by atoms with E-state index in [1.54, 1.807) is 24.4 Å². The number of ether oxygens (including phenoxy) is 2. The van der Waals surface area contributed by atoms with Crippen LogP contribution in [0.3, 0.4) is 0 Å². The molecule has 2 amide bonds. The lowest BCUT2D eigenvalue weighted by atomic mass is 10.2. The second-order valence-electron chi connectivity index (χ2n) is 6.99. The van der Waals surface area contributed by atoms with E-state index in [0.717, 1.165) is 6.42 Å². The largest absolute Gasteiger partial charge is 0.383 e. The predicted octanol–water partition coefficient (Wildman–Crippen LogP) is 0.938. The number of fused-ring (bicyclic) bond motifs is 1. The molecule has 0 saturated carbocycles. The van der Waals surface area contributed by atoms with E-state index in [2.05, 4.69) is 32.2 Å². The van der Waals surface area contributed by atoms with Crippen LogP contribution >= 0.6 is 0 Å². The lowest BCUT2D eigenvalue weighted by Crippen LogP contribution is -2.37. The topological polar surface area (TPSA) is 121 Å². The van der Waals surface area contributed by atoms with Crippen molar-refractivity contribution < 1.29 is 19.1 Å². The smallest absolute Gasteiger partial charge is 0.255 e. The number of hydrogen-bond acceptors (Lipinski definition) is 7. The normalized spacial score (nSPS) is 18.5. The lowest BCUT2D eigenvalue weighted by Gasteiger charge is -2.22. The highest BCUT2D eigenvalue weighted by Crippen LogP contribution is 2.23. The van der Waals surface area contributed by atoms with Gasteiger partial charge in [0.05, 0.1) is 31.0 Å². The molecule has 1 fully saturated rings. The first-order valence-corrected chi connectivity index (χ1v) is 9.95. The molecule has 1 aliphatic rings. The van der Waals surface area contributed by atoms with Crippen molar-refractivity contribution >= 4 is 28.8 Å². The van der Waals surface area contributed by atoms with Gasteiger partial charge in [-0.3, -0.25) is 9.59 Å². The fraction of sp³-hybridized carbons (Fsp3) is 0.500. The van der Waals surface area contributed by atoms with Crippen molar-refractivity contribution in [2.45, 2.75) is 25.4 Å². The van der Waals surface area contributed by atoms with Crippen LogP contribution in [-0.4, -0.2) is 83.8 Å². The second kappa shape index (κ2) is 10.2. The molecule has 2 aromatic heterocycles. The maximum Gasteiger partial charge on any atom is 0.255 e. The molecular weight excluding hydrogens is 388 g/mol. The number of aromatic nitrogens is 3. The third-order valence-electron chi connectivity index (χ3n) is 4.96. The van der Waals surface area contributed by atoms with Crippen LogP contribution in [0.2, 0.25) is 0 Å². The highest BCUT2D eigenvalue weighted by molar-refractivity contribution is 6.04. The van der Waals surface area contributed by atoms with Crippen LogP contribution in [0.15, 0.2) is 25.0 Å². The Balaban J connectivity index is 1.72. The van der Waals surface area contributed by atoms with Crippen molar-refractivity contribution in [3.63, 3.8) is 0 Å². The van der Waals surface area contributed by atoms with E-state index >= 15 is 0 Å². The summed E-state index contributed by atoms with van der Waals surface area (Å²) in [5, 5.41) is 6.11. The van der Waals surface area contributed by atoms with Crippen molar-refractivity contribution in [2.24, 2.45) is 0 Å². The van der Waals surface area contributed by atoms with E-state index in [1.807, 2.05) is 6.92 Å². The van der Waals surface area contributed by atoms with Crippen molar-refractivity contribution in [1.82, 2.24) is 25.2 Å². The van der Waals surface area contributed by atoms with Gasteiger partial charge in [0.15, 0.2) is 5.65 Å². The summed E-state index contributed by atoms with van der Waals surface area (Å²) in [4.78, 5) is 38.3. The lowest BCUT2D eigenvalue weighted by molar-refractivity contribution is -0.127. The van der Waals surface area contributed by atoms with E-state index in [4.69, 9.17) is 9.47 Å². The summed E-state index contributed by atoms with van der Waals surface area (Å²) < 4.78 is 10.5. The summed E-state index contributed by atoms with van der Waals surface area (Å²) >= 11 is 0. The first kappa shape index (κ1) is 21.7. The highest BCUT2D eigenvalue weighted by Gasteiger charge is 2.34. The SMILES string of the molecule is C=CC(=O)N1C[C@H](Nc2cnc3[nH]cc(C(=O)NCCOC)c3n2)C[C@H]1COCC. The summed E-state index contributed by atoms with van der Waals surface area (Å²) in [7, 11) is 1.58. The van der Waals surface area contributed by atoms with E-state index in [0.29, 0.717) is 55.5 Å². The molecule has 0 aliphatic carbocycles. The average molecular weight is 416 g/mol. The number of methoxy groups -OCH3 is 1. The van der Waals surface area contributed by atoms with Crippen molar-refractivity contribution in [2.75, 3.05) is 45.3 Å². The van der Waals surface area contributed by atoms with Gasteiger partial charge >= 0.3 is 0 Å². The van der Waals surface area contributed by atoms with Crippen molar-refractivity contribution in [1.29, 1.82) is 0 Å². The van der Waals surface area contributed by atoms with E-state index in [1.165, 1.54) is 6.08 Å². The molecule has 1 aliphatic heterocycles. The molecule has 0 unspecified atom stereocenters.